The number of carbonyl (C=O) groups is 1. The van der Waals surface area contributed by atoms with Crippen molar-refractivity contribution in [2.45, 2.75) is 13.0 Å². The van der Waals surface area contributed by atoms with E-state index in [1.165, 1.54) is 0 Å². The highest BCUT2D eigenvalue weighted by Gasteiger charge is 2.25. The van der Waals surface area contributed by atoms with Crippen molar-refractivity contribution in [2.24, 2.45) is 0 Å². The molecule has 1 atom stereocenters. The zero-order valence-corrected chi connectivity index (χ0v) is 8.03. The van der Waals surface area contributed by atoms with E-state index in [-0.39, 0.29) is 12.1 Å². The predicted molar refractivity (Wildman–Crippen MR) is 51.1 cm³/mol. The molecule has 3 heteroatoms. The molecule has 1 aliphatic heterocycles. The highest BCUT2D eigenvalue weighted by molar-refractivity contribution is 5.89. The SMILES string of the molecule is CCOC(=O)c1cccc([C@H]2CO2)c1. The third kappa shape index (κ3) is 1.93. The molecule has 0 N–H and O–H groups in total. The van der Waals surface area contributed by atoms with E-state index in [2.05, 4.69) is 0 Å². The van der Waals surface area contributed by atoms with Crippen LogP contribution in [-0.2, 0) is 9.47 Å². The fraction of sp³-hybridized carbons (Fsp3) is 0.364. The molecule has 0 aromatic heterocycles. The van der Waals surface area contributed by atoms with Crippen molar-refractivity contribution >= 4 is 5.97 Å². The average Bonchev–Trinajstić information content (AvgIpc) is 3.02. The second-order valence-electron chi connectivity index (χ2n) is 3.17. The first kappa shape index (κ1) is 9.21. The van der Waals surface area contributed by atoms with Crippen LogP contribution in [0, 0.1) is 0 Å². The second-order valence-corrected chi connectivity index (χ2v) is 3.17. The molecule has 1 aromatic rings. The lowest BCUT2D eigenvalue weighted by Crippen LogP contribution is -2.04. The molecule has 1 heterocycles. The highest BCUT2D eigenvalue weighted by atomic mass is 16.6. The highest BCUT2D eigenvalue weighted by Crippen LogP contribution is 2.29. The van der Waals surface area contributed by atoms with Gasteiger partial charge >= 0.3 is 5.97 Å². The zero-order valence-electron chi connectivity index (χ0n) is 8.03. The minimum absolute atomic E-state index is 0.185. The Labute approximate surface area is 82.6 Å². The lowest BCUT2D eigenvalue weighted by atomic mass is 10.1. The van der Waals surface area contributed by atoms with Gasteiger partial charge in [-0.2, -0.15) is 0 Å². The Bertz CT molecular complexity index is 342. The molecule has 0 spiro atoms. The van der Waals surface area contributed by atoms with Gasteiger partial charge in [-0.15, -0.1) is 0 Å². The van der Waals surface area contributed by atoms with Gasteiger partial charge in [-0.1, -0.05) is 12.1 Å². The van der Waals surface area contributed by atoms with Crippen LogP contribution in [0.1, 0.15) is 28.9 Å². The van der Waals surface area contributed by atoms with Crippen molar-refractivity contribution in [3.8, 4) is 0 Å². The van der Waals surface area contributed by atoms with E-state index in [0.29, 0.717) is 12.2 Å². The Kier molecular flexibility index (Phi) is 2.50. The number of benzene rings is 1. The van der Waals surface area contributed by atoms with Crippen LogP contribution >= 0.6 is 0 Å². The standard InChI is InChI=1S/C11H12O3/c1-2-13-11(12)9-5-3-4-8(6-9)10-7-14-10/h3-6,10H,2,7H2,1H3/t10-/m1/s1. The van der Waals surface area contributed by atoms with Gasteiger partial charge in [0.2, 0.25) is 0 Å². The van der Waals surface area contributed by atoms with E-state index in [9.17, 15) is 4.79 Å². The largest absolute Gasteiger partial charge is 0.462 e. The van der Waals surface area contributed by atoms with Crippen molar-refractivity contribution in [2.75, 3.05) is 13.2 Å². The number of carbonyl (C=O) groups excluding carboxylic acids is 1. The first-order valence-corrected chi connectivity index (χ1v) is 4.70. The maximum absolute atomic E-state index is 11.4. The number of ether oxygens (including phenoxy) is 2. The number of epoxide rings is 1. The van der Waals surface area contributed by atoms with E-state index in [1.54, 1.807) is 13.0 Å². The van der Waals surface area contributed by atoms with Crippen LogP contribution in [0.4, 0.5) is 0 Å². The van der Waals surface area contributed by atoms with Gasteiger partial charge in [-0.25, -0.2) is 4.79 Å². The molecule has 74 valence electrons. The van der Waals surface area contributed by atoms with Gasteiger partial charge in [0.05, 0.1) is 18.8 Å². The average molecular weight is 192 g/mol. The van der Waals surface area contributed by atoms with Crippen molar-refractivity contribution in [3.63, 3.8) is 0 Å². The summed E-state index contributed by atoms with van der Waals surface area (Å²) < 4.78 is 10.0. The summed E-state index contributed by atoms with van der Waals surface area (Å²) in [5.41, 5.74) is 1.65. The number of hydrogen-bond donors (Lipinski definition) is 0. The summed E-state index contributed by atoms with van der Waals surface area (Å²) in [5.74, 6) is -0.269. The monoisotopic (exact) mass is 192 g/mol. The summed E-state index contributed by atoms with van der Waals surface area (Å²) in [4.78, 5) is 11.4. The van der Waals surface area contributed by atoms with Crippen LogP contribution in [0.15, 0.2) is 24.3 Å². The summed E-state index contributed by atoms with van der Waals surface area (Å²) in [6.07, 6.45) is 0.185. The predicted octanol–water partition coefficient (Wildman–Crippen LogP) is 1.93. The van der Waals surface area contributed by atoms with Gasteiger partial charge in [0.1, 0.15) is 6.10 Å². The number of hydrogen-bond acceptors (Lipinski definition) is 3. The van der Waals surface area contributed by atoms with Crippen LogP contribution in [0.3, 0.4) is 0 Å². The zero-order chi connectivity index (χ0) is 9.97. The Hall–Kier alpha value is -1.35. The summed E-state index contributed by atoms with van der Waals surface area (Å²) in [6.45, 7) is 2.96. The molecule has 0 saturated carbocycles. The molecule has 14 heavy (non-hydrogen) atoms. The first-order valence-electron chi connectivity index (χ1n) is 4.70. The Morgan fingerprint density at radius 2 is 2.43 bits per heavy atom. The maximum atomic E-state index is 11.4. The third-order valence-corrected chi connectivity index (χ3v) is 2.10. The Morgan fingerprint density at radius 3 is 3.07 bits per heavy atom. The molecule has 1 aromatic carbocycles. The minimum atomic E-state index is -0.269. The molecule has 0 bridgehead atoms. The van der Waals surface area contributed by atoms with Gasteiger partial charge < -0.3 is 9.47 Å². The van der Waals surface area contributed by atoms with Crippen molar-refractivity contribution in [1.82, 2.24) is 0 Å². The fourth-order valence-corrected chi connectivity index (χ4v) is 1.32. The van der Waals surface area contributed by atoms with E-state index in [1.807, 2.05) is 18.2 Å². The molecule has 2 rings (SSSR count). The van der Waals surface area contributed by atoms with Crippen molar-refractivity contribution in [3.05, 3.63) is 35.4 Å². The van der Waals surface area contributed by atoms with Gasteiger partial charge in [0.25, 0.3) is 0 Å². The smallest absolute Gasteiger partial charge is 0.338 e. The summed E-state index contributed by atoms with van der Waals surface area (Å²) in [7, 11) is 0. The Morgan fingerprint density at radius 1 is 1.64 bits per heavy atom. The van der Waals surface area contributed by atoms with Crippen molar-refractivity contribution < 1.29 is 14.3 Å². The first-order chi connectivity index (χ1) is 6.81. The molecule has 1 aliphatic rings. The van der Waals surface area contributed by atoms with Crippen LogP contribution in [-0.4, -0.2) is 19.2 Å². The lowest BCUT2D eigenvalue weighted by Gasteiger charge is -2.02. The van der Waals surface area contributed by atoms with E-state index in [0.717, 1.165) is 12.2 Å². The maximum Gasteiger partial charge on any atom is 0.338 e. The van der Waals surface area contributed by atoms with Crippen molar-refractivity contribution in [1.29, 1.82) is 0 Å². The Balaban J connectivity index is 2.16. The molecule has 0 radical (unpaired) electrons. The van der Waals surface area contributed by atoms with Gasteiger partial charge in [-0.3, -0.25) is 0 Å². The normalized spacial score (nSPS) is 19.1. The number of esters is 1. The van der Waals surface area contributed by atoms with E-state index < -0.39 is 0 Å². The number of rotatable bonds is 3. The topological polar surface area (TPSA) is 38.8 Å². The molecule has 0 aliphatic carbocycles. The van der Waals surface area contributed by atoms with Gasteiger partial charge in [0.15, 0.2) is 0 Å². The minimum Gasteiger partial charge on any atom is -0.462 e. The van der Waals surface area contributed by atoms with Gasteiger partial charge in [-0.05, 0) is 24.6 Å². The third-order valence-electron chi connectivity index (χ3n) is 2.10. The van der Waals surface area contributed by atoms with E-state index >= 15 is 0 Å². The fourth-order valence-electron chi connectivity index (χ4n) is 1.32. The van der Waals surface area contributed by atoms with Crippen LogP contribution in [0.5, 0.6) is 0 Å². The molecule has 0 unspecified atom stereocenters. The molecular weight excluding hydrogens is 180 g/mol. The molecule has 0 amide bonds. The van der Waals surface area contributed by atoms with Gasteiger partial charge in [0, 0.05) is 0 Å². The summed E-state index contributed by atoms with van der Waals surface area (Å²) >= 11 is 0. The molecular formula is C11H12O3. The summed E-state index contributed by atoms with van der Waals surface area (Å²) in [6, 6.07) is 7.39. The van der Waals surface area contributed by atoms with Crippen LogP contribution in [0.2, 0.25) is 0 Å². The molecule has 1 fully saturated rings. The summed E-state index contributed by atoms with van der Waals surface area (Å²) in [5, 5.41) is 0. The molecule has 3 nitrogen and oxygen atoms in total. The second kappa shape index (κ2) is 3.80. The quantitative estimate of drug-likeness (QED) is 0.542. The van der Waals surface area contributed by atoms with Crippen LogP contribution in [0.25, 0.3) is 0 Å². The lowest BCUT2D eigenvalue weighted by molar-refractivity contribution is 0.0526. The van der Waals surface area contributed by atoms with Crippen LogP contribution < -0.4 is 0 Å². The van der Waals surface area contributed by atoms with E-state index in [4.69, 9.17) is 9.47 Å². The molecule has 1 saturated heterocycles.